The van der Waals surface area contributed by atoms with Crippen LogP contribution in [0.2, 0.25) is 0 Å². The molecule has 4 heterocycles. The zero-order valence-electron chi connectivity index (χ0n) is 70.1. The van der Waals surface area contributed by atoms with Gasteiger partial charge in [-0.15, -0.1) is 11.3 Å². The first kappa shape index (κ1) is 74.2. The van der Waals surface area contributed by atoms with Gasteiger partial charge in [0.2, 0.25) is 0 Å². The Morgan fingerprint density at radius 3 is 1.02 bits per heavy atom. The molecule has 0 fully saturated rings. The van der Waals surface area contributed by atoms with Crippen molar-refractivity contribution in [3.05, 3.63) is 453 Å². The molecule has 596 valence electrons. The SMILES string of the molecule is CC1(C)c2ccccc2-c2ccc(N(c3ccc(-c4ccccc4)cc3)c3ccc(-c4cc(-c5ccc(-n6c7ccccc7c7ccccc76)cc5)c5oc6ccccc6c5c4)cc3)cc21.CC1(C)c2ccccc2-c2ccc(N(c3ccc(-c4ccccc4)cc3)c3ccc(-c4cc(-c5ccc6sc7ccccc7c6c5)c5oc6ccccc6c5c4)cc3)cc21. The molecule has 126 heavy (non-hydrogen) atoms. The first-order valence-electron chi connectivity index (χ1n) is 43.5. The van der Waals surface area contributed by atoms with Crippen molar-refractivity contribution in [2.75, 3.05) is 9.80 Å². The molecule has 0 amide bonds. The molecule has 0 N–H and O–H groups in total. The van der Waals surface area contributed by atoms with Gasteiger partial charge in [0.1, 0.15) is 22.3 Å². The molecule has 23 aromatic rings. The molecule has 0 saturated carbocycles. The number of aromatic nitrogens is 1. The van der Waals surface area contributed by atoms with E-state index in [2.05, 4.69) is 467 Å². The molecule has 0 saturated heterocycles. The fourth-order valence-corrected chi connectivity index (χ4v) is 21.4. The highest BCUT2D eigenvalue weighted by molar-refractivity contribution is 7.25. The lowest BCUT2D eigenvalue weighted by Gasteiger charge is -2.28. The topological polar surface area (TPSA) is 37.7 Å². The summed E-state index contributed by atoms with van der Waals surface area (Å²) in [6.07, 6.45) is 0. The van der Waals surface area contributed by atoms with E-state index in [9.17, 15) is 0 Å². The largest absolute Gasteiger partial charge is 0.455 e. The summed E-state index contributed by atoms with van der Waals surface area (Å²) in [6, 6.07) is 157. The van der Waals surface area contributed by atoms with Gasteiger partial charge in [-0.05, 0) is 252 Å². The highest BCUT2D eigenvalue weighted by Gasteiger charge is 2.38. The molecule has 0 bridgehead atoms. The Bertz CT molecular complexity index is 8180. The van der Waals surface area contributed by atoms with E-state index in [0.29, 0.717) is 0 Å². The number of para-hydroxylation sites is 4. The van der Waals surface area contributed by atoms with Gasteiger partial charge in [-0.3, -0.25) is 0 Å². The zero-order chi connectivity index (χ0) is 83.9. The lowest BCUT2D eigenvalue weighted by Crippen LogP contribution is -2.16. The predicted octanol–water partition coefficient (Wildman–Crippen LogP) is 34.2. The smallest absolute Gasteiger partial charge is 0.143 e. The number of anilines is 6. The second-order valence-electron chi connectivity index (χ2n) is 34.6. The van der Waals surface area contributed by atoms with Crippen molar-refractivity contribution in [3.8, 4) is 94.7 Å². The summed E-state index contributed by atoms with van der Waals surface area (Å²) in [7, 11) is 0. The summed E-state index contributed by atoms with van der Waals surface area (Å²) in [6.45, 7) is 9.40. The van der Waals surface area contributed by atoms with Gasteiger partial charge in [0.05, 0.1) is 11.0 Å². The van der Waals surface area contributed by atoms with Crippen LogP contribution in [0.3, 0.4) is 0 Å². The van der Waals surface area contributed by atoms with Crippen molar-refractivity contribution in [1.29, 1.82) is 0 Å². The maximum Gasteiger partial charge on any atom is 0.143 e. The zero-order valence-corrected chi connectivity index (χ0v) is 70.9. The molecule has 25 rings (SSSR count). The van der Waals surface area contributed by atoms with Crippen LogP contribution in [0.1, 0.15) is 49.9 Å². The Hall–Kier alpha value is -15.6. The highest BCUT2D eigenvalue weighted by atomic mass is 32.1. The van der Waals surface area contributed by atoms with Gasteiger partial charge in [-0.2, -0.15) is 0 Å². The van der Waals surface area contributed by atoms with E-state index in [4.69, 9.17) is 8.83 Å². The van der Waals surface area contributed by atoms with Crippen molar-refractivity contribution in [2.45, 2.75) is 38.5 Å². The molecule has 0 aliphatic heterocycles. The fourth-order valence-electron chi connectivity index (χ4n) is 20.3. The van der Waals surface area contributed by atoms with Crippen molar-refractivity contribution >= 4 is 131 Å². The Labute approximate surface area is 735 Å². The summed E-state index contributed by atoms with van der Waals surface area (Å²) in [5.41, 5.74) is 38.1. The number of benzene rings is 19. The molecule has 0 radical (unpaired) electrons. The Morgan fingerprint density at radius 1 is 0.214 bits per heavy atom. The van der Waals surface area contributed by atoms with E-state index >= 15 is 0 Å². The second kappa shape index (κ2) is 29.6. The lowest BCUT2D eigenvalue weighted by atomic mass is 9.82. The van der Waals surface area contributed by atoms with Crippen LogP contribution >= 0.6 is 11.3 Å². The molecule has 19 aromatic carbocycles. The Balaban J connectivity index is 0.000000142. The summed E-state index contributed by atoms with van der Waals surface area (Å²) in [5.74, 6) is 0. The highest BCUT2D eigenvalue weighted by Crippen LogP contribution is 2.54. The van der Waals surface area contributed by atoms with E-state index < -0.39 is 0 Å². The van der Waals surface area contributed by atoms with Crippen molar-refractivity contribution in [1.82, 2.24) is 4.57 Å². The first-order valence-corrected chi connectivity index (χ1v) is 44.3. The minimum Gasteiger partial charge on any atom is -0.455 e. The Morgan fingerprint density at radius 2 is 0.548 bits per heavy atom. The van der Waals surface area contributed by atoms with Crippen LogP contribution in [0, 0.1) is 0 Å². The molecule has 6 heteroatoms. The van der Waals surface area contributed by atoms with Crippen molar-refractivity contribution < 1.29 is 8.83 Å². The van der Waals surface area contributed by atoms with E-state index in [-0.39, 0.29) is 10.8 Å². The molecule has 4 aromatic heterocycles. The molecule has 2 aliphatic rings. The van der Waals surface area contributed by atoms with E-state index in [0.717, 1.165) is 128 Å². The lowest BCUT2D eigenvalue weighted by molar-refractivity contribution is 0.660. The number of furan rings is 2. The molecule has 0 atom stereocenters. The van der Waals surface area contributed by atoms with Crippen LogP contribution in [0.4, 0.5) is 34.1 Å². The molecule has 2 aliphatic carbocycles. The fraction of sp³-hybridized carbons (Fsp3) is 0.0500. The minimum absolute atomic E-state index is 0.108. The van der Waals surface area contributed by atoms with Crippen LogP contribution in [0.5, 0.6) is 0 Å². The monoisotopic (exact) mass is 1630 g/mol. The normalized spacial score (nSPS) is 12.9. The summed E-state index contributed by atoms with van der Waals surface area (Å²) in [4.78, 5) is 4.80. The van der Waals surface area contributed by atoms with E-state index in [1.165, 1.54) is 109 Å². The minimum atomic E-state index is -0.117. The molecular formula is C120H83N3O2S. The second-order valence-corrected chi connectivity index (χ2v) is 35.7. The van der Waals surface area contributed by atoms with Gasteiger partial charge >= 0.3 is 0 Å². The third-order valence-electron chi connectivity index (χ3n) is 26.7. The number of rotatable bonds is 13. The van der Waals surface area contributed by atoms with Crippen molar-refractivity contribution in [3.63, 3.8) is 0 Å². The summed E-state index contributed by atoms with van der Waals surface area (Å²) >= 11 is 1.85. The van der Waals surface area contributed by atoms with Crippen LogP contribution in [0.15, 0.2) is 440 Å². The third-order valence-corrected chi connectivity index (χ3v) is 27.8. The van der Waals surface area contributed by atoms with Crippen molar-refractivity contribution in [2.24, 2.45) is 0 Å². The van der Waals surface area contributed by atoms with Gasteiger partial charge in [0.15, 0.2) is 0 Å². The first-order chi connectivity index (χ1) is 61.9. The predicted molar refractivity (Wildman–Crippen MR) is 532 cm³/mol. The molecule has 0 unspecified atom stereocenters. The van der Waals surface area contributed by atoms with Crippen LogP contribution < -0.4 is 9.80 Å². The maximum absolute atomic E-state index is 6.69. The maximum atomic E-state index is 6.69. The average Bonchev–Trinajstić information content (AvgIpc) is 1.62. The van der Waals surface area contributed by atoms with Gasteiger partial charge in [0, 0.05) is 114 Å². The third kappa shape index (κ3) is 12.3. The molecular weight excluding hydrogens is 1550 g/mol. The van der Waals surface area contributed by atoms with Crippen LogP contribution in [0.25, 0.3) is 181 Å². The Kier molecular flexibility index (Phi) is 17.4. The van der Waals surface area contributed by atoms with E-state index in [1.54, 1.807) is 0 Å². The summed E-state index contributed by atoms with van der Waals surface area (Å²) < 4.78 is 18.3. The van der Waals surface area contributed by atoms with Gasteiger partial charge in [-0.25, -0.2) is 0 Å². The van der Waals surface area contributed by atoms with Crippen LogP contribution in [-0.4, -0.2) is 4.57 Å². The average molecular weight is 1630 g/mol. The van der Waals surface area contributed by atoms with Gasteiger partial charge < -0.3 is 23.2 Å². The molecule has 5 nitrogen and oxygen atoms in total. The number of nitrogens with zero attached hydrogens (tertiary/aromatic N) is 3. The number of hydrogen-bond acceptors (Lipinski definition) is 5. The quantitative estimate of drug-likeness (QED) is 0.115. The number of thiophene rings is 1. The number of fused-ring (bicyclic) bond motifs is 18. The van der Waals surface area contributed by atoms with E-state index in [1.807, 2.05) is 17.4 Å². The van der Waals surface area contributed by atoms with Gasteiger partial charge in [-0.1, -0.05) is 307 Å². The molecule has 0 spiro atoms. The summed E-state index contributed by atoms with van der Waals surface area (Å²) in [5, 5.41) is 9.56. The van der Waals surface area contributed by atoms with Crippen LogP contribution in [-0.2, 0) is 10.8 Å². The standard InChI is InChI=1S/C63H44N2O.C57H39NOS/c1-63(2)57-20-10-6-16-50(57)51-37-36-49(40-58(51)63)64(46-30-24-42(25-31-46)41-14-4-3-5-15-41)47-32-26-43(27-33-47)45-38-55(62-56(39-45)54-19-9-13-23-61(54)66-62)44-28-34-48(35-29-44)65-59-21-11-7-17-52(59)53-18-8-12-22-60(53)65;1-57(2)51-17-9-6-14-44(51)45-30-29-43(35-52(45)57)58(41-25-20-37(21-26-41)36-12-4-3-5-13-36)42-27-22-38(23-28-42)40-33-48(56-50(34-40)46-15-7-10-18-53(46)59-56)39-24-31-55-49(32-39)47-16-8-11-19-54(47)60-55/h3-40H,1-2H3;3-35H,1-2H3. The number of hydrogen-bond donors (Lipinski definition) is 0. The van der Waals surface area contributed by atoms with Gasteiger partial charge in [0.25, 0.3) is 0 Å².